The van der Waals surface area contributed by atoms with Crippen molar-refractivity contribution in [1.82, 2.24) is 10.2 Å². The Kier molecular flexibility index (Phi) is 2.86. The van der Waals surface area contributed by atoms with Crippen LogP contribution in [0.5, 0.6) is 0 Å². The summed E-state index contributed by atoms with van der Waals surface area (Å²) >= 11 is 0. The average molecular weight is 220 g/mol. The highest BCUT2D eigenvalue weighted by molar-refractivity contribution is 5.80. The molecule has 2 amide bonds. The van der Waals surface area contributed by atoms with Gasteiger partial charge in [0.1, 0.15) is 0 Å². The van der Waals surface area contributed by atoms with Crippen LogP contribution in [0.25, 0.3) is 0 Å². The summed E-state index contributed by atoms with van der Waals surface area (Å²) in [6, 6.07) is 0. The van der Waals surface area contributed by atoms with E-state index < -0.39 is 0 Å². The third-order valence-corrected chi connectivity index (χ3v) is 3.63. The van der Waals surface area contributed by atoms with E-state index in [0.29, 0.717) is 6.42 Å². The summed E-state index contributed by atoms with van der Waals surface area (Å²) < 4.78 is 0. The second kappa shape index (κ2) is 4.17. The molecule has 4 heteroatoms. The molecule has 2 aliphatic rings. The number of nitrogens with one attached hydrogen (secondary N) is 1. The zero-order valence-electron chi connectivity index (χ0n) is 9.29. The molecule has 0 unspecified atom stereocenters. The third kappa shape index (κ3) is 2.04. The standard InChI is InChI=1S/C12H16N2O2/c1-2-3-11(16)14-6-4-12(5-7-14)8-10(15)13-9-12/h1H,3-9H2,(H,13,15). The number of nitrogens with zero attached hydrogens (tertiary/aromatic N) is 1. The lowest BCUT2D eigenvalue weighted by molar-refractivity contribution is -0.132. The molecule has 86 valence electrons. The van der Waals surface area contributed by atoms with Crippen LogP contribution in [-0.2, 0) is 9.59 Å². The van der Waals surface area contributed by atoms with Crippen LogP contribution in [0.3, 0.4) is 0 Å². The molecule has 0 aromatic rings. The minimum Gasteiger partial charge on any atom is -0.356 e. The maximum atomic E-state index is 11.6. The van der Waals surface area contributed by atoms with Gasteiger partial charge in [-0.05, 0) is 18.3 Å². The van der Waals surface area contributed by atoms with Crippen molar-refractivity contribution in [2.24, 2.45) is 5.41 Å². The molecular formula is C12H16N2O2. The Balaban J connectivity index is 1.90. The Morgan fingerprint density at radius 3 is 2.69 bits per heavy atom. The predicted molar refractivity (Wildman–Crippen MR) is 59.3 cm³/mol. The predicted octanol–water partition coefficient (Wildman–Crippen LogP) is 0.138. The van der Waals surface area contributed by atoms with Crippen LogP contribution in [0.2, 0.25) is 0 Å². The number of hydrogen-bond acceptors (Lipinski definition) is 2. The lowest BCUT2D eigenvalue weighted by Gasteiger charge is -2.38. The maximum Gasteiger partial charge on any atom is 0.234 e. The molecule has 16 heavy (non-hydrogen) atoms. The second-order valence-corrected chi connectivity index (χ2v) is 4.72. The zero-order valence-corrected chi connectivity index (χ0v) is 9.29. The van der Waals surface area contributed by atoms with Crippen molar-refractivity contribution < 1.29 is 9.59 Å². The van der Waals surface area contributed by atoms with Gasteiger partial charge >= 0.3 is 0 Å². The molecule has 0 saturated carbocycles. The third-order valence-electron chi connectivity index (χ3n) is 3.63. The smallest absolute Gasteiger partial charge is 0.234 e. The molecule has 0 aromatic heterocycles. The van der Waals surface area contributed by atoms with E-state index >= 15 is 0 Å². The number of rotatable bonds is 1. The van der Waals surface area contributed by atoms with Gasteiger partial charge in [0.05, 0.1) is 6.42 Å². The Morgan fingerprint density at radius 2 is 2.19 bits per heavy atom. The van der Waals surface area contributed by atoms with Gasteiger partial charge in [-0.25, -0.2) is 0 Å². The van der Waals surface area contributed by atoms with Gasteiger partial charge in [-0.15, -0.1) is 6.42 Å². The SMILES string of the molecule is C#CCC(=O)N1CCC2(CC1)CNC(=O)C2. The van der Waals surface area contributed by atoms with Gasteiger partial charge in [0.25, 0.3) is 0 Å². The number of hydrogen-bond donors (Lipinski definition) is 1. The van der Waals surface area contributed by atoms with Crippen molar-refractivity contribution in [2.75, 3.05) is 19.6 Å². The largest absolute Gasteiger partial charge is 0.356 e. The average Bonchev–Trinajstić information content (AvgIpc) is 2.61. The van der Waals surface area contributed by atoms with Gasteiger partial charge in [0.2, 0.25) is 11.8 Å². The van der Waals surface area contributed by atoms with E-state index in [1.54, 1.807) is 0 Å². The van der Waals surface area contributed by atoms with E-state index in [1.165, 1.54) is 0 Å². The van der Waals surface area contributed by atoms with E-state index in [4.69, 9.17) is 6.42 Å². The molecule has 0 radical (unpaired) electrons. The van der Waals surface area contributed by atoms with Crippen LogP contribution < -0.4 is 5.32 Å². The molecule has 2 rings (SSSR count). The van der Waals surface area contributed by atoms with Crippen molar-refractivity contribution in [1.29, 1.82) is 0 Å². The van der Waals surface area contributed by atoms with E-state index in [9.17, 15) is 9.59 Å². The highest BCUT2D eigenvalue weighted by Gasteiger charge is 2.41. The van der Waals surface area contributed by atoms with E-state index in [2.05, 4.69) is 11.2 Å². The van der Waals surface area contributed by atoms with Crippen molar-refractivity contribution in [3.8, 4) is 12.3 Å². The lowest BCUT2D eigenvalue weighted by Crippen LogP contribution is -2.43. The van der Waals surface area contributed by atoms with Gasteiger partial charge in [-0.1, -0.05) is 5.92 Å². The first-order chi connectivity index (χ1) is 7.65. The first-order valence-corrected chi connectivity index (χ1v) is 5.63. The summed E-state index contributed by atoms with van der Waals surface area (Å²) in [6.45, 7) is 2.23. The first-order valence-electron chi connectivity index (χ1n) is 5.63. The molecule has 1 N–H and O–H groups in total. The number of piperidine rings is 1. The summed E-state index contributed by atoms with van der Waals surface area (Å²) in [7, 11) is 0. The summed E-state index contributed by atoms with van der Waals surface area (Å²) in [6.07, 6.45) is 7.73. The fourth-order valence-electron chi connectivity index (χ4n) is 2.53. The molecular weight excluding hydrogens is 204 g/mol. The Bertz CT molecular complexity index is 349. The van der Waals surface area contributed by atoms with Gasteiger partial charge in [0, 0.05) is 26.1 Å². The normalized spacial score (nSPS) is 22.9. The Morgan fingerprint density at radius 1 is 1.50 bits per heavy atom. The van der Waals surface area contributed by atoms with E-state index in [1.807, 2.05) is 4.90 Å². The van der Waals surface area contributed by atoms with Crippen molar-refractivity contribution in [3.63, 3.8) is 0 Å². The number of carbonyl (C=O) groups excluding carboxylic acids is 2. The van der Waals surface area contributed by atoms with Crippen LogP contribution >= 0.6 is 0 Å². The summed E-state index contributed by atoms with van der Waals surface area (Å²) in [4.78, 5) is 24.6. The molecule has 2 aliphatic heterocycles. The fraction of sp³-hybridized carbons (Fsp3) is 0.667. The topological polar surface area (TPSA) is 49.4 Å². The van der Waals surface area contributed by atoms with Crippen molar-refractivity contribution in [2.45, 2.75) is 25.7 Å². The van der Waals surface area contributed by atoms with E-state index in [-0.39, 0.29) is 23.7 Å². The van der Waals surface area contributed by atoms with Gasteiger partial charge in [-0.3, -0.25) is 9.59 Å². The van der Waals surface area contributed by atoms with Crippen LogP contribution in [-0.4, -0.2) is 36.3 Å². The second-order valence-electron chi connectivity index (χ2n) is 4.72. The van der Waals surface area contributed by atoms with Crippen LogP contribution in [0.15, 0.2) is 0 Å². The molecule has 2 saturated heterocycles. The van der Waals surface area contributed by atoms with Crippen molar-refractivity contribution in [3.05, 3.63) is 0 Å². The molecule has 0 aliphatic carbocycles. The van der Waals surface area contributed by atoms with Gasteiger partial charge < -0.3 is 10.2 Å². The maximum absolute atomic E-state index is 11.6. The molecule has 2 heterocycles. The number of terminal acetylenes is 1. The van der Waals surface area contributed by atoms with E-state index in [0.717, 1.165) is 32.5 Å². The number of likely N-dealkylation sites (tertiary alicyclic amines) is 1. The molecule has 1 spiro atoms. The summed E-state index contributed by atoms with van der Waals surface area (Å²) in [5, 5.41) is 2.87. The summed E-state index contributed by atoms with van der Waals surface area (Å²) in [5.41, 5.74) is 0.101. The van der Waals surface area contributed by atoms with Gasteiger partial charge in [0.15, 0.2) is 0 Å². The van der Waals surface area contributed by atoms with Crippen LogP contribution in [0.4, 0.5) is 0 Å². The number of amides is 2. The minimum absolute atomic E-state index is 0.0367. The molecule has 2 fully saturated rings. The monoisotopic (exact) mass is 220 g/mol. The molecule has 4 nitrogen and oxygen atoms in total. The fourth-order valence-corrected chi connectivity index (χ4v) is 2.53. The Labute approximate surface area is 95.4 Å². The zero-order chi connectivity index (χ0) is 11.6. The Hall–Kier alpha value is -1.50. The highest BCUT2D eigenvalue weighted by Crippen LogP contribution is 2.37. The van der Waals surface area contributed by atoms with Gasteiger partial charge in [-0.2, -0.15) is 0 Å². The van der Waals surface area contributed by atoms with Crippen LogP contribution in [0.1, 0.15) is 25.7 Å². The lowest BCUT2D eigenvalue weighted by atomic mass is 9.77. The quantitative estimate of drug-likeness (QED) is 0.639. The minimum atomic E-state index is 0.0367. The summed E-state index contributed by atoms with van der Waals surface area (Å²) in [5.74, 6) is 2.55. The molecule has 0 aromatic carbocycles. The molecule has 0 bridgehead atoms. The number of carbonyl (C=O) groups is 2. The molecule has 0 atom stereocenters. The first kappa shape index (κ1) is 11.0. The van der Waals surface area contributed by atoms with Crippen LogP contribution in [0, 0.1) is 17.8 Å². The van der Waals surface area contributed by atoms with Crippen molar-refractivity contribution >= 4 is 11.8 Å². The highest BCUT2D eigenvalue weighted by atomic mass is 16.2.